The third-order valence-corrected chi connectivity index (χ3v) is 7.27. The third-order valence-electron chi connectivity index (χ3n) is 6.16. The Kier molecular flexibility index (Phi) is 5.95. The van der Waals surface area contributed by atoms with E-state index in [2.05, 4.69) is 21.8 Å². The number of hydrogen-bond donors (Lipinski definition) is 0. The number of anilines is 1. The topological polar surface area (TPSA) is 90.2 Å². The molecule has 34 heavy (non-hydrogen) atoms. The monoisotopic (exact) mass is 477 g/mol. The molecule has 0 aliphatic carbocycles. The molecule has 176 valence electrons. The summed E-state index contributed by atoms with van der Waals surface area (Å²) in [6, 6.07) is 12.7. The number of rotatable bonds is 6. The van der Waals surface area contributed by atoms with E-state index in [1.807, 2.05) is 53.5 Å². The zero-order chi connectivity index (χ0) is 23.7. The molecule has 4 aromatic rings. The van der Waals surface area contributed by atoms with E-state index in [1.165, 1.54) is 6.26 Å². The maximum atomic E-state index is 11.9. The summed E-state index contributed by atoms with van der Waals surface area (Å²) >= 11 is 0. The van der Waals surface area contributed by atoms with E-state index in [9.17, 15) is 8.42 Å². The Labute approximate surface area is 199 Å². The molecule has 4 heterocycles. The lowest BCUT2D eigenvalue weighted by Crippen LogP contribution is -2.39. The summed E-state index contributed by atoms with van der Waals surface area (Å²) in [5.41, 5.74) is 2.03. The molecular formula is C25H27N5O3S. The summed E-state index contributed by atoms with van der Waals surface area (Å²) < 4.78 is 31.9. The van der Waals surface area contributed by atoms with Crippen LogP contribution in [-0.4, -0.2) is 53.4 Å². The molecule has 1 aliphatic rings. The summed E-state index contributed by atoms with van der Waals surface area (Å²) in [5, 5.41) is 0.845. The van der Waals surface area contributed by atoms with E-state index in [4.69, 9.17) is 9.72 Å². The summed E-state index contributed by atoms with van der Waals surface area (Å²) in [7, 11) is -3.25. The molecule has 0 saturated carbocycles. The molecule has 1 saturated heterocycles. The van der Waals surface area contributed by atoms with Crippen LogP contribution < -0.4 is 9.64 Å². The molecule has 0 spiro atoms. The predicted octanol–water partition coefficient (Wildman–Crippen LogP) is 3.83. The Balaban J connectivity index is 1.28. The van der Waals surface area contributed by atoms with Gasteiger partial charge in [-0.25, -0.2) is 18.4 Å². The van der Waals surface area contributed by atoms with Crippen molar-refractivity contribution in [1.82, 2.24) is 19.5 Å². The molecular weight excluding hydrogens is 450 g/mol. The number of fused-ring (bicyclic) bond motifs is 1. The zero-order valence-electron chi connectivity index (χ0n) is 19.3. The first kappa shape index (κ1) is 22.3. The van der Waals surface area contributed by atoms with Crippen LogP contribution in [0.3, 0.4) is 0 Å². The summed E-state index contributed by atoms with van der Waals surface area (Å²) in [6.07, 6.45) is 9.64. The lowest BCUT2D eigenvalue weighted by atomic mass is 10.1. The van der Waals surface area contributed by atoms with Crippen molar-refractivity contribution in [2.45, 2.75) is 37.2 Å². The third kappa shape index (κ3) is 4.61. The average Bonchev–Trinajstić information content (AvgIpc) is 3.28. The van der Waals surface area contributed by atoms with Gasteiger partial charge in [-0.3, -0.25) is 0 Å². The number of benzene rings is 1. The number of piperidine rings is 1. The lowest BCUT2D eigenvalue weighted by Gasteiger charge is -2.31. The number of sulfone groups is 1. The van der Waals surface area contributed by atoms with Crippen LogP contribution in [0.2, 0.25) is 0 Å². The van der Waals surface area contributed by atoms with Crippen LogP contribution in [0.25, 0.3) is 16.7 Å². The largest absolute Gasteiger partial charge is 0.474 e. The summed E-state index contributed by atoms with van der Waals surface area (Å²) in [6.45, 7) is 3.76. The zero-order valence-corrected chi connectivity index (χ0v) is 20.1. The van der Waals surface area contributed by atoms with Gasteiger partial charge in [0.2, 0.25) is 11.8 Å². The first-order valence-electron chi connectivity index (χ1n) is 11.4. The first-order valence-corrected chi connectivity index (χ1v) is 13.3. The maximum absolute atomic E-state index is 11.9. The number of aryl methyl sites for hydroxylation is 1. The van der Waals surface area contributed by atoms with E-state index in [0.717, 1.165) is 60.6 Å². The van der Waals surface area contributed by atoms with E-state index < -0.39 is 9.84 Å². The number of pyridine rings is 1. The highest BCUT2D eigenvalue weighted by Gasteiger charge is 2.23. The minimum Gasteiger partial charge on any atom is -0.474 e. The van der Waals surface area contributed by atoms with Gasteiger partial charge in [0.15, 0.2) is 9.84 Å². The standard InChI is InChI=1S/C25H27N5O3S/c1-3-18-16-26-25(27-17-18)29-12-10-20(11-13-29)33-24-6-4-5-23(28-24)30-14-9-19-15-21(34(2,31)32)7-8-22(19)30/h4-9,14-17,20H,3,10-13H2,1-2H3. The fourth-order valence-electron chi connectivity index (χ4n) is 4.19. The van der Waals surface area contributed by atoms with Crippen molar-refractivity contribution in [3.05, 3.63) is 66.6 Å². The highest BCUT2D eigenvalue weighted by Crippen LogP contribution is 2.25. The fraction of sp³-hybridized carbons (Fsp3) is 0.320. The van der Waals surface area contributed by atoms with Crippen molar-refractivity contribution in [2.24, 2.45) is 0 Å². The van der Waals surface area contributed by atoms with Gasteiger partial charge in [-0.05, 0) is 42.3 Å². The molecule has 8 nitrogen and oxygen atoms in total. The number of nitrogens with zero attached hydrogens (tertiary/aromatic N) is 5. The minimum absolute atomic E-state index is 0.0765. The second kappa shape index (κ2) is 9.06. The summed E-state index contributed by atoms with van der Waals surface area (Å²) in [4.78, 5) is 16.2. The average molecular weight is 478 g/mol. The van der Waals surface area contributed by atoms with Crippen LogP contribution in [0.5, 0.6) is 5.88 Å². The molecule has 0 bridgehead atoms. The predicted molar refractivity (Wildman–Crippen MR) is 131 cm³/mol. The van der Waals surface area contributed by atoms with Gasteiger partial charge in [0, 0.05) is 62.2 Å². The SMILES string of the molecule is CCc1cnc(N2CCC(Oc3cccc(-n4ccc5cc(S(C)(=O)=O)ccc54)n3)CC2)nc1. The smallest absolute Gasteiger partial charge is 0.225 e. The van der Waals surface area contributed by atoms with E-state index in [0.29, 0.717) is 10.8 Å². The minimum atomic E-state index is -3.25. The number of ether oxygens (including phenoxy) is 1. The Bertz CT molecular complexity index is 1410. The lowest BCUT2D eigenvalue weighted by molar-refractivity contribution is 0.163. The quantitative estimate of drug-likeness (QED) is 0.417. The van der Waals surface area contributed by atoms with Crippen molar-refractivity contribution < 1.29 is 13.2 Å². The Morgan fingerprint density at radius 2 is 1.82 bits per heavy atom. The van der Waals surface area contributed by atoms with Gasteiger partial charge in [-0.1, -0.05) is 13.0 Å². The van der Waals surface area contributed by atoms with Crippen molar-refractivity contribution in [1.29, 1.82) is 0 Å². The molecule has 0 unspecified atom stereocenters. The maximum Gasteiger partial charge on any atom is 0.225 e. The highest BCUT2D eigenvalue weighted by atomic mass is 32.2. The van der Waals surface area contributed by atoms with Crippen LogP contribution in [0, 0.1) is 0 Å². The van der Waals surface area contributed by atoms with Crippen molar-refractivity contribution in [2.75, 3.05) is 24.2 Å². The van der Waals surface area contributed by atoms with Crippen molar-refractivity contribution in [3.63, 3.8) is 0 Å². The Morgan fingerprint density at radius 1 is 1.06 bits per heavy atom. The molecule has 1 aromatic carbocycles. The second-order valence-corrected chi connectivity index (χ2v) is 10.6. The molecule has 3 aromatic heterocycles. The van der Waals surface area contributed by atoms with Crippen molar-refractivity contribution in [3.8, 4) is 11.7 Å². The van der Waals surface area contributed by atoms with Crippen LogP contribution in [0.4, 0.5) is 5.95 Å². The van der Waals surface area contributed by atoms with E-state index >= 15 is 0 Å². The number of hydrogen-bond acceptors (Lipinski definition) is 7. The molecule has 0 amide bonds. The Morgan fingerprint density at radius 3 is 2.53 bits per heavy atom. The van der Waals surface area contributed by atoms with Crippen LogP contribution in [0.15, 0.2) is 66.0 Å². The first-order chi connectivity index (χ1) is 16.4. The van der Waals surface area contributed by atoms with Gasteiger partial charge in [0.05, 0.1) is 10.4 Å². The second-order valence-electron chi connectivity index (χ2n) is 8.56. The molecule has 9 heteroatoms. The van der Waals surface area contributed by atoms with Gasteiger partial charge in [-0.2, -0.15) is 4.98 Å². The van der Waals surface area contributed by atoms with E-state index in [1.54, 1.807) is 12.1 Å². The molecule has 0 radical (unpaired) electrons. The number of aromatic nitrogens is 4. The van der Waals surface area contributed by atoms with Gasteiger partial charge in [0.1, 0.15) is 11.9 Å². The van der Waals surface area contributed by atoms with Gasteiger partial charge < -0.3 is 14.2 Å². The molecule has 5 rings (SSSR count). The molecule has 0 N–H and O–H groups in total. The van der Waals surface area contributed by atoms with Gasteiger partial charge >= 0.3 is 0 Å². The normalized spacial score (nSPS) is 15.1. The molecule has 1 aliphatic heterocycles. The van der Waals surface area contributed by atoms with E-state index in [-0.39, 0.29) is 6.10 Å². The Hall–Kier alpha value is -3.46. The molecule has 0 atom stereocenters. The van der Waals surface area contributed by atoms with Gasteiger partial charge in [0.25, 0.3) is 0 Å². The van der Waals surface area contributed by atoms with Crippen LogP contribution in [-0.2, 0) is 16.3 Å². The van der Waals surface area contributed by atoms with Crippen molar-refractivity contribution >= 4 is 26.7 Å². The summed E-state index contributed by atoms with van der Waals surface area (Å²) in [5.74, 6) is 2.07. The highest BCUT2D eigenvalue weighted by molar-refractivity contribution is 7.90. The fourth-order valence-corrected chi connectivity index (χ4v) is 4.85. The molecule has 1 fully saturated rings. The van der Waals surface area contributed by atoms with Gasteiger partial charge in [-0.15, -0.1) is 0 Å². The van der Waals surface area contributed by atoms with Crippen LogP contribution in [0.1, 0.15) is 25.3 Å². The van der Waals surface area contributed by atoms with Crippen LogP contribution >= 0.6 is 0 Å².